The summed E-state index contributed by atoms with van der Waals surface area (Å²) in [7, 11) is 0. The van der Waals surface area contributed by atoms with Crippen LogP contribution < -0.4 is 0 Å². The summed E-state index contributed by atoms with van der Waals surface area (Å²) >= 11 is 0. The normalized spacial score (nSPS) is 17.8. The van der Waals surface area contributed by atoms with E-state index in [0.717, 1.165) is 19.3 Å². The van der Waals surface area contributed by atoms with E-state index in [2.05, 4.69) is 31.2 Å². The Kier molecular flexibility index (Phi) is 3.86. The van der Waals surface area contributed by atoms with E-state index in [4.69, 9.17) is 0 Å². The lowest BCUT2D eigenvalue weighted by atomic mass is 9.80. The van der Waals surface area contributed by atoms with E-state index >= 15 is 0 Å². The molecule has 2 aromatic rings. The molecule has 0 fully saturated rings. The van der Waals surface area contributed by atoms with Crippen LogP contribution in [-0.4, -0.2) is 0 Å². The molecule has 0 amide bonds. The number of hydrogen-bond acceptors (Lipinski definition) is 0. The van der Waals surface area contributed by atoms with Crippen LogP contribution in [0.5, 0.6) is 0 Å². The van der Waals surface area contributed by atoms with Crippen LogP contribution in [-0.2, 0) is 19.3 Å². The van der Waals surface area contributed by atoms with Gasteiger partial charge in [-0.25, -0.2) is 4.39 Å². The maximum atomic E-state index is 13.4. The lowest BCUT2D eigenvalue weighted by Gasteiger charge is -2.25. The molecule has 0 nitrogen and oxygen atoms in total. The molecule has 0 aromatic heterocycles. The first kappa shape index (κ1) is 13.4. The molecule has 0 bridgehead atoms. The summed E-state index contributed by atoms with van der Waals surface area (Å²) in [5, 5.41) is 0. The molecule has 1 atom stereocenters. The Balaban J connectivity index is 1.79. The Morgan fingerprint density at radius 1 is 1.05 bits per heavy atom. The quantitative estimate of drug-likeness (QED) is 0.730. The third kappa shape index (κ3) is 2.77. The van der Waals surface area contributed by atoms with Crippen molar-refractivity contribution in [3.63, 3.8) is 0 Å². The number of rotatable bonds is 3. The second-order valence-electron chi connectivity index (χ2n) is 5.84. The molecule has 1 unspecified atom stereocenters. The fourth-order valence-electron chi connectivity index (χ4n) is 3.26. The van der Waals surface area contributed by atoms with E-state index in [0.29, 0.717) is 5.92 Å². The van der Waals surface area contributed by atoms with Crippen molar-refractivity contribution < 1.29 is 4.39 Å². The van der Waals surface area contributed by atoms with Crippen molar-refractivity contribution in [1.82, 2.24) is 0 Å². The van der Waals surface area contributed by atoms with Crippen molar-refractivity contribution in [3.05, 3.63) is 70.5 Å². The maximum Gasteiger partial charge on any atom is 0.123 e. The summed E-state index contributed by atoms with van der Waals surface area (Å²) in [5.41, 5.74) is 5.34. The molecule has 2 aromatic carbocycles. The summed E-state index contributed by atoms with van der Waals surface area (Å²) in [6.07, 6.45) is 5.55. The van der Waals surface area contributed by atoms with Crippen LogP contribution in [0.15, 0.2) is 42.5 Å². The van der Waals surface area contributed by atoms with E-state index in [1.165, 1.54) is 35.1 Å². The van der Waals surface area contributed by atoms with Crippen LogP contribution in [0.1, 0.15) is 47.9 Å². The standard InChI is InChI=1S/C19H21F/c1-2-3-14-4-6-15(7-5-14)17-9-8-16-10-11-19(20)13-18(16)12-17/h4-7,10-11,13,17H,2-3,8-9,12H2,1H3. The largest absolute Gasteiger partial charge is 0.207 e. The van der Waals surface area contributed by atoms with Crippen LogP contribution in [0.25, 0.3) is 0 Å². The predicted octanol–water partition coefficient (Wildman–Crippen LogP) is 5.05. The molecule has 20 heavy (non-hydrogen) atoms. The lowest BCUT2D eigenvalue weighted by Crippen LogP contribution is -2.13. The number of hydrogen-bond donors (Lipinski definition) is 0. The Morgan fingerprint density at radius 2 is 1.85 bits per heavy atom. The SMILES string of the molecule is CCCc1ccc(C2CCc3ccc(F)cc3C2)cc1. The van der Waals surface area contributed by atoms with Crippen molar-refractivity contribution >= 4 is 0 Å². The molecule has 1 aliphatic carbocycles. The summed E-state index contributed by atoms with van der Waals surface area (Å²) in [6, 6.07) is 14.3. The Morgan fingerprint density at radius 3 is 2.60 bits per heavy atom. The van der Waals surface area contributed by atoms with Gasteiger partial charge < -0.3 is 0 Å². The van der Waals surface area contributed by atoms with Crippen LogP contribution in [0, 0.1) is 5.82 Å². The van der Waals surface area contributed by atoms with Gasteiger partial charge in [0, 0.05) is 0 Å². The van der Waals surface area contributed by atoms with Gasteiger partial charge in [-0.15, -0.1) is 0 Å². The molecule has 0 N–H and O–H groups in total. The average molecular weight is 268 g/mol. The molecule has 1 heteroatoms. The van der Waals surface area contributed by atoms with Gasteiger partial charge in [0.1, 0.15) is 5.82 Å². The topological polar surface area (TPSA) is 0 Å². The monoisotopic (exact) mass is 268 g/mol. The summed E-state index contributed by atoms with van der Waals surface area (Å²) < 4.78 is 13.4. The Bertz CT molecular complexity index is 583. The fraction of sp³-hybridized carbons (Fsp3) is 0.368. The third-order valence-electron chi connectivity index (χ3n) is 4.39. The predicted molar refractivity (Wildman–Crippen MR) is 81.6 cm³/mol. The molecule has 0 spiro atoms. The second kappa shape index (κ2) is 5.78. The van der Waals surface area contributed by atoms with Gasteiger partial charge in [0.15, 0.2) is 0 Å². The first-order chi connectivity index (χ1) is 9.76. The minimum Gasteiger partial charge on any atom is -0.207 e. The first-order valence-electron chi connectivity index (χ1n) is 7.62. The highest BCUT2D eigenvalue weighted by atomic mass is 19.1. The summed E-state index contributed by atoms with van der Waals surface area (Å²) in [5.74, 6) is 0.433. The zero-order valence-electron chi connectivity index (χ0n) is 12.0. The van der Waals surface area contributed by atoms with Gasteiger partial charge in [0.2, 0.25) is 0 Å². The second-order valence-corrected chi connectivity index (χ2v) is 5.84. The molecule has 0 heterocycles. The molecule has 0 saturated heterocycles. The smallest absolute Gasteiger partial charge is 0.123 e. The van der Waals surface area contributed by atoms with Gasteiger partial charge in [-0.3, -0.25) is 0 Å². The molecular formula is C19H21F. The van der Waals surface area contributed by atoms with Gasteiger partial charge in [-0.2, -0.15) is 0 Å². The van der Waals surface area contributed by atoms with E-state index in [1.807, 2.05) is 6.07 Å². The highest BCUT2D eigenvalue weighted by Gasteiger charge is 2.20. The highest BCUT2D eigenvalue weighted by Crippen LogP contribution is 2.33. The summed E-state index contributed by atoms with van der Waals surface area (Å²) in [6.45, 7) is 2.21. The van der Waals surface area contributed by atoms with Crippen molar-refractivity contribution in [2.24, 2.45) is 0 Å². The first-order valence-corrected chi connectivity index (χ1v) is 7.62. The van der Waals surface area contributed by atoms with Crippen molar-refractivity contribution in [2.75, 3.05) is 0 Å². The van der Waals surface area contributed by atoms with Gasteiger partial charge in [0.05, 0.1) is 0 Å². The lowest BCUT2D eigenvalue weighted by molar-refractivity contribution is 0.572. The zero-order chi connectivity index (χ0) is 13.9. The molecule has 104 valence electrons. The Labute approximate surface area is 120 Å². The van der Waals surface area contributed by atoms with E-state index in [1.54, 1.807) is 12.1 Å². The minimum atomic E-state index is -0.109. The van der Waals surface area contributed by atoms with Crippen molar-refractivity contribution in [1.29, 1.82) is 0 Å². The van der Waals surface area contributed by atoms with E-state index in [-0.39, 0.29) is 5.82 Å². The van der Waals surface area contributed by atoms with Gasteiger partial charge in [-0.1, -0.05) is 43.7 Å². The highest BCUT2D eigenvalue weighted by molar-refractivity contribution is 5.35. The average Bonchev–Trinajstić information content (AvgIpc) is 2.47. The number of benzene rings is 2. The molecule has 0 aliphatic heterocycles. The third-order valence-corrected chi connectivity index (χ3v) is 4.39. The van der Waals surface area contributed by atoms with Crippen LogP contribution >= 0.6 is 0 Å². The molecule has 1 aliphatic rings. The van der Waals surface area contributed by atoms with E-state index in [9.17, 15) is 4.39 Å². The van der Waals surface area contributed by atoms with Crippen LogP contribution in [0.3, 0.4) is 0 Å². The fourth-order valence-corrected chi connectivity index (χ4v) is 3.26. The van der Waals surface area contributed by atoms with Gasteiger partial charge in [0.25, 0.3) is 0 Å². The molecule has 3 rings (SSSR count). The van der Waals surface area contributed by atoms with Crippen molar-refractivity contribution in [3.8, 4) is 0 Å². The van der Waals surface area contributed by atoms with Crippen LogP contribution in [0.4, 0.5) is 4.39 Å². The van der Waals surface area contributed by atoms with Crippen LogP contribution in [0.2, 0.25) is 0 Å². The minimum absolute atomic E-state index is 0.109. The molecular weight excluding hydrogens is 247 g/mol. The molecule has 0 saturated carbocycles. The number of halogens is 1. The van der Waals surface area contributed by atoms with Crippen molar-refractivity contribution in [2.45, 2.75) is 44.9 Å². The number of fused-ring (bicyclic) bond motifs is 1. The maximum absolute atomic E-state index is 13.4. The number of aryl methyl sites for hydroxylation is 2. The van der Waals surface area contributed by atoms with Gasteiger partial charge in [-0.05, 0) is 66.0 Å². The summed E-state index contributed by atoms with van der Waals surface area (Å²) in [4.78, 5) is 0. The zero-order valence-corrected chi connectivity index (χ0v) is 12.0. The van der Waals surface area contributed by atoms with Gasteiger partial charge >= 0.3 is 0 Å². The Hall–Kier alpha value is -1.63. The van der Waals surface area contributed by atoms with E-state index < -0.39 is 0 Å². The molecule has 0 radical (unpaired) electrons.